The Morgan fingerprint density at radius 2 is 1.80 bits per heavy atom. The number of nitrogens with zero attached hydrogens (tertiary/aromatic N) is 2. The van der Waals surface area contributed by atoms with Crippen LogP contribution in [0, 0.1) is 13.8 Å². The average molecular weight is 435 g/mol. The highest BCUT2D eigenvalue weighted by Gasteiger charge is 2.36. The second-order valence-electron chi connectivity index (χ2n) is 7.30. The van der Waals surface area contributed by atoms with Gasteiger partial charge in [-0.05, 0) is 75.8 Å². The molecule has 0 spiro atoms. The van der Waals surface area contributed by atoms with Crippen LogP contribution in [-0.4, -0.2) is 21.5 Å². The van der Waals surface area contributed by atoms with Gasteiger partial charge in [-0.3, -0.25) is 19.8 Å². The van der Waals surface area contributed by atoms with E-state index in [0.29, 0.717) is 5.56 Å². The third-order valence-electron chi connectivity index (χ3n) is 4.87. The summed E-state index contributed by atoms with van der Waals surface area (Å²) in [4.78, 5) is 26.4. The maximum absolute atomic E-state index is 13.1. The summed E-state index contributed by atoms with van der Waals surface area (Å²) in [6.07, 6.45) is -3.13. The number of anilines is 1. The Bertz CT molecular complexity index is 1080. The van der Waals surface area contributed by atoms with Crippen molar-refractivity contribution in [3.05, 3.63) is 58.4 Å². The fourth-order valence-electron chi connectivity index (χ4n) is 3.61. The lowest BCUT2D eigenvalue weighted by atomic mass is 10.1. The Kier molecular flexibility index (Phi) is 5.60. The fourth-order valence-corrected chi connectivity index (χ4v) is 3.89. The normalized spacial score (nSPS) is 16.6. The molecule has 2 aromatic rings. The first kappa shape index (κ1) is 21.8. The Morgan fingerprint density at radius 3 is 2.37 bits per heavy atom. The Hall–Kier alpha value is -2.94. The van der Waals surface area contributed by atoms with Gasteiger partial charge in [-0.25, -0.2) is 0 Å². The van der Waals surface area contributed by atoms with Crippen LogP contribution in [0.3, 0.4) is 0 Å². The van der Waals surface area contributed by atoms with Gasteiger partial charge in [-0.15, -0.1) is 0 Å². The van der Waals surface area contributed by atoms with Gasteiger partial charge in [-0.2, -0.15) is 13.2 Å². The molecule has 2 amide bonds. The number of carbonyl (C=O) groups is 2. The molecule has 9 heteroatoms. The Morgan fingerprint density at radius 1 is 1.13 bits per heavy atom. The quantitative estimate of drug-likeness (QED) is 0.438. The highest BCUT2D eigenvalue weighted by Crippen LogP contribution is 2.33. The maximum Gasteiger partial charge on any atom is 0.416 e. The molecule has 3 rings (SSSR count). The van der Waals surface area contributed by atoms with Gasteiger partial charge in [-0.1, -0.05) is 6.07 Å². The summed E-state index contributed by atoms with van der Waals surface area (Å²) in [7, 11) is 0. The van der Waals surface area contributed by atoms with E-state index >= 15 is 0 Å². The molecule has 1 aromatic carbocycles. The van der Waals surface area contributed by atoms with Crippen molar-refractivity contribution in [2.75, 3.05) is 4.90 Å². The highest BCUT2D eigenvalue weighted by molar-refractivity contribution is 7.80. The SMILES string of the molecule is Cc1cc(/C=C2\C(=O)NC(=S)N(c3cccc(C(F)(F)F)c3)C2=O)c(C)n1C(C)C. The summed E-state index contributed by atoms with van der Waals surface area (Å²) < 4.78 is 41.3. The van der Waals surface area contributed by atoms with Gasteiger partial charge in [0.15, 0.2) is 5.11 Å². The predicted octanol–water partition coefficient (Wildman–Crippen LogP) is 4.54. The van der Waals surface area contributed by atoms with Gasteiger partial charge < -0.3 is 4.57 Å². The van der Waals surface area contributed by atoms with Gasteiger partial charge in [0, 0.05) is 17.4 Å². The minimum absolute atomic E-state index is 0.0709. The number of carbonyl (C=O) groups excluding carboxylic acids is 2. The maximum atomic E-state index is 13.1. The number of amides is 2. The van der Waals surface area contributed by atoms with Crippen LogP contribution in [0.15, 0.2) is 35.9 Å². The third-order valence-corrected chi connectivity index (χ3v) is 5.16. The molecule has 5 nitrogen and oxygen atoms in total. The molecule has 0 aliphatic carbocycles. The fraction of sp³-hybridized carbons (Fsp3) is 0.286. The summed E-state index contributed by atoms with van der Waals surface area (Å²) in [6, 6.07) is 6.27. The molecular formula is C21H20F3N3O2S. The lowest BCUT2D eigenvalue weighted by molar-refractivity contribution is -0.137. The lowest BCUT2D eigenvalue weighted by Crippen LogP contribution is -2.54. The number of halogens is 3. The van der Waals surface area contributed by atoms with E-state index in [9.17, 15) is 22.8 Å². The minimum atomic E-state index is -4.58. The summed E-state index contributed by atoms with van der Waals surface area (Å²) in [5.74, 6) is -1.47. The molecule has 1 aliphatic rings. The molecule has 0 unspecified atom stereocenters. The van der Waals surface area contributed by atoms with Crippen molar-refractivity contribution >= 4 is 40.9 Å². The van der Waals surface area contributed by atoms with Gasteiger partial charge in [0.2, 0.25) is 0 Å². The molecule has 1 fully saturated rings. The molecule has 1 aromatic heterocycles. The van der Waals surface area contributed by atoms with E-state index in [2.05, 4.69) is 9.88 Å². The van der Waals surface area contributed by atoms with Crippen molar-refractivity contribution in [1.29, 1.82) is 0 Å². The zero-order chi connectivity index (χ0) is 22.4. The van der Waals surface area contributed by atoms with E-state index < -0.39 is 23.6 Å². The number of rotatable bonds is 3. The molecule has 30 heavy (non-hydrogen) atoms. The van der Waals surface area contributed by atoms with Crippen LogP contribution in [-0.2, 0) is 15.8 Å². The number of benzene rings is 1. The number of hydrogen-bond acceptors (Lipinski definition) is 3. The number of aryl methyl sites for hydroxylation is 1. The van der Waals surface area contributed by atoms with Crippen molar-refractivity contribution in [1.82, 2.24) is 9.88 Å². The molecule has 1 saturated heterocycles. The van der Waals surface area contributed by atoms with E-state index in [4.69, 9.17) is 12.2 Å². The first-order chi connectivity index (χ1) is 13.9. The molecule has 1 N–H and O–H groups in total. The lowest BCUT2D eigenvalue weighted by Gasteiger charge is -2.29. The Labute approximate surface area is 177 Å². The molecule has 0 saturated carbocycles. The topological polar surface area (TPSA) is 54.3 Å². The molecular weight excluding hydrogens is 415 g/mol. The van der Waals surface area contributed by atoms with Gasteiger partial charge >= 0.3 is 6.18 Å². The summed E-state index contributed by atoms with van der Waals surface area (Å²) >= 11 is 5.06. The predicted molar refractivity (Wildman–Crippen MR) is 112 cm³/mol. The second-order valence-corrected chi connectivity index (χ2v) is 7.68. The monoisotopic (exact) mass is 435 g/mol. The molecule has 2 heterocycles. The third kappa shape index (κ3) is 3.89. The summed E-state index contributed by atoms with van der Waals surface area (Å²) in [5.41, 5.74) is 1.32. The summed E-state index contributed by atoms with van der Waals surface area (Å²) in [6.45, 7) is 7.83. The van der Waals surface area contributed by atoms with Crippen LogP contribution in [0.4, 0.5) is 18.9 Å². The largest absolute Gasteiger partial charge is 0.416 e. The Balaban J connectivity index is 2.06. The molecule has 0 atom stereocenters. The number of nitrogens with one attached hydrogen (secondary N) is 1. The van der Waals surface area contributed by atoms with Crippen LogP contribution < -0.4 is 10.2 Å². The second kappa shape index (κ2) is 7.71. The number of aromatic nitrogens is 1. The van der Waals surface area contributed by atoms with Gasteiger partial charge in [0.25, 0.3) is 11.8 Å². The smallest absolute Gasteiger partial charge is 0.346 e. The van der Waals surface area contributed by atoms with E-state index in [1.54, 1.807) is 0 Å². The van der Waals surface area contributed by atoms with Crippen LogP contribution in [0.25, 0.3) is 6.08 Å². The number of thiocarbonyl (C=S) groups is 1. The van der Waals surface area contributed by atoms with Crippen LogP contribution in [0.5, 0.6) is 0 Å². The van der Waals surface area contributed by atoms with Crippen molar-refractivity contribution in [3.63, 3.8) is 0 Å². The first-order valence-corrected chi connectivity index (χ1v) is 9.59. The standard InChI is InChI=1S/C21H20F3N3O2S/c1-11(2)26-12(3)8-14(13(26)4)9-17-18(28)25-20(30)27(19(17)29)16-7-5-6-15(10-16)21(22,23)24/h5-11H,1-4H3,(H,25,28,30)/b17-9+. The van der Waals surface area contributed by atoms with Crippen LogP contribution in [0.1, 0.15) is 42.4 Å². The number of hydrogen-bond donors (Lipinski definition) is 1. The first-order valence-electron chi connectivity index (χ1n) is 9.19. The van der Waals surface area contributed by atoms with E-state index in [0.717, 1.165) is 28.4 Å². The zero-order valence-corrected chi connectivity index (χ0v) is 17.6. The molecule has 158 valence electrons. The van der Waals surface area contributed by atoms with E-state index in [-0.39, 0.29) is 22.4 Å². The molecule has 1 aliphatic heterocycles. The van der Waals surface area contributed by atoms with E-state index in [1.807, 2.05) is 33.8 Å². The van der Waals surface area contributed by atoms with Crippen molar-refractivity contribution in [2.24, 2.45) is 0 Å². The highest BCUT2D eigenvalue weighted by atomic mass is 32.1. The van der Waals surface area contributed by atoms with Crippen molar-refractivity contribution in [3.8, 4) is 0 Å². The van der Waals surface area contributed by atoms with Crippen LogP contribution >= 0.6 is 12.2 Å². The number of alkyl halides is 3. The summed E-state index contributed by atoms with van der Waals surface area (Å²) in [5, 5.41) is 2.12. The zero-order valence-electron chi connectivity index (χ0n) is 16.8. The average Bonchev–Trinajstić information content (AvgIpc) is 2.91. The van der Waals surface area contributed by atoms with Crippen LogP contribution in [0.2, 0.25) is 0 Å². The van der Waals surface area contributed by atoms with Crippen molar-refractivity contribution in [2.45, 2.75) is 39.9 Å². The molecule has 0 radical (unpaired) electrons. The minimum Gasteiger partial charge on any atom is -0.346 e. The van der Waals surface area contributed by atoms with E-state index in [1.165, 1.54) is 18.2 Å². The molecule has 0 bridgehead atoms. The van der Waals surface area contributed by atoms with Gasteiger partial charge in [0.05, 0.1) is 11.3 Å². The van der Waals surface area contributed by atoms with Gasteiger partial charge in [0.1, 0.15) is 5.57 Å². The van der Waals surface area contributed by atoms with Crippen molar-refractivity contribution < 1.29 is 22.8 Å².